The number of carbonyl (C=O) groups excluding carboxylic acids is 3. The van der Waals surface area contributed by atoms with Crippen LogP contribution in [0.2, 0.25) is 0 Å². The van der Waals surface area contributed by atoms with Gasteiger partial charge in [0.25, 0.3) is 0 Å². The van der Waals surface area contributed by atoms with Crippen molar-refractivity contribution in [2.24, 2.45) is 5.41 Å². The first-order valence-corrected chi connectivity index (χ1v) is 18.7. The molecule has 43 heavy (non-hydrogen) atoms. The summed E-state index contributed by atoms with van der Waals surface area (Å²) in [4.78, 5) is 35.7. The van der Waals surface area contributed by atoms with E-state index in [0.717, 1.165) is 57.9 Å². The quantitative estimate of drug-likeness (QED) is 0.0771. The molecule has 0 bridgehead atoms. The average Bonchev–Trinajstić information content (AvgIpc) is 2.93. The molecule has 0 aromatic carbocycles. The number of carbonyl (C=O) groups is 3. The Kier molecular flexibility index (Phi) is 28.4. The molecule has 0 rings (SSSR count). The minimum Gasteiger partial charge on any atom is -0.356 e. The highest BCUT2D eigenvalue weighted by Crippen LogP contribution is 2.22. The summed E-state index contributed by atoms with van der Waals surface area (Å²) in [5.74, 6) is 0.871. The predicted molar refractivity (Wildman–Crippen MR) is 185 cm³/mol. The zero-order chi connectivity index (χ0) is 32.0. The first-order chi connectivity index (χ1) is 20.6. The lowest BCUT2D eigenvalue weighted by Gasteiger charge is -2.17. The van der Waals surface area contributed by atoms with Crippen molar-refractivity contribution in [2.45, 2.75) is 214 Å². The van der Waals surface area contributed by atoms with Crippen LogP contribution in [0.3, 0.4) is 0 Å². The molecular formula is C38H74N2O3. The highest BCUT2D eigenvalue weighted by atomic mass is 16.2. The number of hydrogen-bond acceptors (Lipinski definition) is 3. The molecule has 0 aliphatic heterocycles. The molecule has 0 unspecified atom stereocenters. The molecule has 0 aliphatic carbocycles. The topological polar surface area (TPSA) is 75.3 Å². The van der Waals surface area contributed by atoms with Crippen LogP contribution in [-0.2, 0) is 14.4 Å². The Morgan fingerprint density at radius 2 is 0.814 bits per heavy atom. The van der Waals surface area contributed by atoms with Gasteiger partial charge < -0.3 is 10.6 Å². The molecule has 0 aromatic heterocycles. The van der Waals surface area contributed by atoms with Gasteiger partial charge in [-0.2, -0.15) is 0 Å². The van der Waals surface area contributed by atoms with Crippen molar-refractivity contribution in [3.8, 4) is 0 Å². The second kappa shape index (κ2) is 29.3. The van der Waals surface area contributed by atoms with E-state index in [4.69, 9.17) is 0 Å². The lowest BCUT2D eigenvalue weighted by atomic mass is 9.89. The molecule has 5 nitrogen and oxygen atoms in total. The summed E-state index contributed by atoms with van der Waals surface area (Å²) < 4.78 is 0. The molecule has 0 fully saturated rings. The Balaban J connectivity index is 3.29. The maximum atomic E-state index is 12.1. The average molecular weight is 607 g/mol. The maximum absolute atomic E-state index is 12.1. The smallest absolute Gasteiger partial charge is 0.220 e. The monoisotopic (exact) mass is 607 g/mol. The van der Waals surface area contributed by atoms with Gasteiger partial charge in [-0.05, 0) is 57.8 Å². The second-order valence-electron chi connectivity index (χ2n) is 14.7. The standard InChI is InChI=1S/C38H74N2O3/c1-34(2)40-37(43)31-25-19-15-11-10-13-17-23-29-35(41)28-22-16-12-8-6-7-9-14-18-24-30-36(42)39-33-27-21-20-26-32-38(3,4)5/h34H,6-33H2,1-5H3,(H,39,42)(H,40,43). The van der Waals surface area contributed by atoms with E-state index in [-0.39, 0.29) is 17.9 Å². The number of nitrogens with one attached hydrogen (secondary N) is 2. The third-order valence-electron chi connectivity index (χ3n) is 8.34. The van der Waals surface area contributed by atoms with Gasteiger partial charge in [0.2, 0.25) is 11.8 Å². The van der Waals surface area contributed by atoms with Gasteiger partial charge in [0.05, 0.1) is 0 Å². The van der Waals surface area contributed by atoms with Gasteiger partial charge in [-0.3, -0.25) is 14.4 Å². The predicted octanol–water partition coefficient (Wildman–Crippen LogP) is 10.8. The zero-order valence-electron chi connectivity index (χ0n) is 29.6. The van der Waals surface area contributed by atoms with E-state index in [9.17, 15) is 14.4 Å². The third-order valence-corrected chi connectivity index (χ3v) is 8.34. The number of ketones is 1. The Labute approximate surface area is 268 Å². The summed E-state index contributed by atoms with van der Waals surface area (Å²) >= 11 is 0. The van der Waals surface area contributed by atoms with Crippen LogP contribution in [0.4, 0.5) is 0 Å². The van der Waals surface area contributed by atoms with E-state index in [0.29, 0.717) is 24.0 Å². The number of rotatable bonds is 31. The van der Waals surface area contributed by atoms with Gasteiger partial charge in [-0.25, -0.2) is 0 Å². The summed E-state index contributed by atoms with van der Waals surface area (Å²) in [5, 5.41) is 6.04. The van der Waals surface area contributed by atoms with Crippen molar-refractivity contribution in [1.29, 1.82) is 0 Å². The minimum absolute atomic E-state index is 0.180. The van der Waals surface area contributed by atoms with Crippen LogP contribution in [0.15, 0.2) is 0 Å². The van der Waals surface area contributed by atoms with Gasteiger partial charge in [-0.15, -0.1) is 0 Å². The summed E-state index contributed by atoms with van der Waals surface area (Å²) in [5.41, 5.74) is 0.440. The van der Waals surface area contributed by atoms with Gasteiger partial charge >= 0.3 is 0 Å². The first-order valence-electron chi connectivity index (χ1n) is 18.7. The highest BCUT2D eigenvalue weighted by Gasteiger charge is 2.09. The molecule has 0 aliphatic rings. The number of hydrogen-bond donors (Lipinski definition) is 2. The normalized spacial score (nSPS) is 11.7. The van der Waals surface area contributed by atoms with Crippen molar-refractivity contribution in [3.05, 3.63) is 0 Å². The van der Waals surface area contributed by atoms with E-state index in [1.165, 1.54) is 109 Å². The van der Waals surface area contributed by atoms with E-state index in [1.807, 2.05) is 13.8 Å². The molecule has 0 saturated heterocycles. The van der Waals surface area contributed by atoms with Gasteiger partial charge in [0, 0.05) is 38.3 Å². The molecule has 0 radical (unpaired) electrons. The lowest BCUT2D eigenvalue weighted by molar-refractivity contribution is -0.122. The number of amides is 2. The minimum atomic E-state index is 0.180. The van der Waals surface area contributed by atoms with Crippen LogP contribution < -0.4 is 10.6 Å². The highest BCUT2D eigenvalue weighted by molar-refractivity contribution is 5.78. The molecule has 2 amide bonds. The van der Waals surface area contributed by atoms with E-state index in [1.54, 1.807) is 0 Å². The van der Waals surface area contributed by atoms with Crippen molar-refractivity contribution < 1.29 is 14.4 Å². The largest absolute Gasteiger partial charge is 0.356 e. The van der Waals surface area contributed by atoms with Crippen LogP contribution in [0.1, 0.15) is 208 Å². The van der Waals surface area contributed by atoms with Crippen LogP contribution in [-0.4, -0.2) is 30.2 Å². The van der Waals surface area contributed by atoms with Crippen LogP contribution in [0, 0.1) is 5.41 Å². The number of Topliss-reactive ketones (excluding diaryl/α,β-unsaturated/α-hetero) is 1. The van der Waals surface area contributed by atoms with Gasteiger partial charge in [0.1, 0.15) is 5.78 Å². The van der Waals surface area contributed by atoms with E-state index >= 15 is 0 Å². The number of unbranched alkanes of at least 4 members (excludes halogenated alkanes) is 19. The van der Waals surface area contributed by atoms with Crippen molar-refractivity contribution >= 4 is 17.6 Å². The summed E-state index contributed by atoms with van der Waals surface area (Å²) in [6.45, 7) is 11.7. The second-order valence-corrected chi connectivity index (χ2v) is 14.7. The van der Waals surface area contributed by atoms with Crippen LogP contribution in [0.5, 0.6) is 0 Å². The Morgan fingerprint density at radius 1 is 0.465 bits per heavy atom. The van der Waals surface area contributed by atoms with Crippen molar-refractivity contribution in [2.75, 3.05) is 6.54 Å². The summed E-state index contributed by atoms with van der Waals surface area (Å²) in [7, 11) is 0. The zero-order valence-corrected chi connectivity index (χ0v) is 29.6. The molecule has 2 N–H and O–H groups in total. The van der Waals surface area contributed by atoms with Crippen LogP contribution in [0.25, 0.3) is 0 Å². The van der Waals surface area contributed by atoms with Gasteiger partial charge in [-0.1, -0.05) is 130 Å². The Hall–Kier alpha value is -1.39. The lowest BCUT2D eigenvalue weighted by Crippen LogP contribution is -2.29. The molecule has 0 spiro atoms. The summed E-state index contributed by atoms with van der Waals surface area (Å²) in [6, 6.07) is 0.238. The fourth-order valence-corrected chi connectivity index (χ4v) is 5.66. The molecule has 254 valence electrons. The van der Waals surface area contributed by atoms with E-state index in [2.05, 4.69) is 31.4 Å². The molecule has 0 saturated carbocycles. The fourth-order valence-electron chi connectivity index (χ4n) is 5.66. The SMILES string of the molecule is CC(C)NC(=O)CCCCCCCCCCC(=O)CCCCCCCCCCCCC(=O)NCCCCCCC(C)(C)C. The Morgan fingerprint density at radius 3 is 1.23 bits per heavy atom. The molecule has 5 heteroatoms. The molecular weight excluding hydrogens is 532 g/mol. The van der Waals surface area contributed by atoms with Crippen molar-refractivity contribution in [3.63, 3.8) is 0 Å². The Bertz CT molecular complexity index is 669. The summed E-state index contributed by atoms with van der Waals surface area (Å²) in [6.07, 6.45) is 30.5. The first kappa shape index (κ1) is 41.6. The fraction of sp³-hybridized carbons (Fsp3) is 0.921. The van der Waals surface area contributed by atoms with Gasteiger partial charge in [0.15, 0.2) is 0 Å². The maximum Gasteiger partial charge on any atom is 0.220 e. The van der Waals surface area contributed by atoms with Crippen molar-refractivity contribution in [1.82, 2.24) is 10.6 Å². The van der Waals surface area contributed by atoms with E-state index < -0.39 is 0 Å². The van der Waals surface area contributed by atoms with Crippen LogP contribution >= 0.6 is 0 Å². The molecule has 0 atom stereocenters. The molecule has 0 aromatic rings. The molecule has 0 heterocycles. The third kappa shape index (κ3) is 35.0.